The second-order valence-corrected chi connectivity index (χ2v) is 5.36. The summed E-state index contributed by atoms with van der Waals surface area (Å²) >= 11 is 0. The zero-order chi connectivity index (χ0) is 13.9. The van der Waals surface area contributed by atoms with Crippen LogP contribution in [0.3, 0.4) is 0 Å². The fourth-order valence-electron chi connectivity index (χ4n) is 3.08. The number of rotatable bonds is 2. The van der Waals surface area contributed by atoms with E-state index in [2.05, 4.69) is 24.9 Å². The van der Waals surface area contributed by atoms with Crippen molar-refractivity contribution in [3.05, 3.63) is 18.0 Å². The molecule has 0 aliphatic carbocycles. The molecule has 108 valence electrons. The van der Waals surface area contributed by atoms with Gasteiger partial charge in [-0.25, -0.2) is 9.97 Å². The lowest BCUT2D eigenvalue weighted by Gasteiger charge is -2.25. The van der Waals surface area contributed by atoms with E-state index >= 15 is 0 Å². The molecule has 2 fully saturated rings. The summed E-state index contributed by atoms with van der Waals surface area (Å²) in [6, 6.07) is 2.26. The fourth-order valence-corrected chi connectivity index (χ4v) is 3.08. The van der Waals surface area contributed by atoms with Crippen molar-refractivity contribution >= 4 is 11.8 Å². The topological polar surface area (TPSA) is 90.9 Å². The van der Waals surface area contributed by atoms with Crippen molar-refractivity contribution < 1.29 is 5.21 Å². The van der Waals surface area contributed by atoms with E-state index < -0.39 is 0 Å². The van der Waals surface area contributed by atoms with Crippen LogP contribution in [0.15, 0.2) is 17.4 Å². The number of oxime groups is 1. The van der Waals surface area contributed by atoms with Crippen LogP contribution in [0.25, 0.3) is 0 Å². The monoisotopic (exact) mass is 276 g/mol. The molecular formula is C13H20N6O. The summed E-state index contributed by atoms with van der Waals surface area (Å²) in [4.78, 5) is 13.5. The molecule has 2 aliphatic rings. The van der Waals surface area contributed by atoms with E-state index in [1.165, 1.54) is 19.4 Å². The molecule has 0 radical (unpaired) electrons. The van der Waals surface area contributed by atoms with Gasteiger partial charge in [-0.05, 0) is 31.9 Å². The molecule has 1 atom stereocenters. The normalized spacial score (nSPS) is 24.5. The lowest BCUT2D eigenvalue weighted by molar-refractivity contribution is 0.273. The summed E-state index contributed by atoms with van der Waals surface area (Å²) in [6.07, 6.45) is 5.31. The summed E-state index contributed by atoms with van der Waals surface area (Å²) in [5.41, 5.74) is 6.06. The number of amidine groups is 1. The van der Waals surface area contributed by atoms with Crippen LogP contribution in [0.5, 0.6) is 0 Å². The molecule has 1 aromatic rings. The van der Waals surface area contributed by atoms with Crippen molar-refractivity contribution in [2.75, 3.05) is 31.1 Å². The minimum absolute atomic E-state index is 0.0194. The SMILES string of the molecule is N/C(=N/O)c1ccnc(N2CCCN3CCCC3C2)n1. The number of aromatic nitrogens is 2. The zero-order valence-electron chi connectivity index (χ0n) is 11.4. The molecule has 20 heavy (non-hydrogen) atoms. The maximum absolute atomic E-state index is 8.74. The van der Waals surface area contributed by atoms with Gasteiger partial charge in [0.2, 0.25) is 5.95 Å². The maximum atomic E-state index is 8.74. The molecular weight excluding hydrogens is 256 g/mol. The van der Waals surface area contributed by atoms with Crippen LogP contribution in [0.4, 0.5) is 5.95 Å². The maximum Gasteiger partial charge on any atom is 0.226 e. The van der Waals surface area contributed by atoms with Crippen LogP contribution in [0, 0.1) is 0 Å². The van der Waals surface area contributed by atoms with E-state index in [0.717, 1.165) is 26.1 Å². The highest BCUT2D eigenvalue weighted by Gasteiger charge is 2.29. The average Bonchev–Trinajstić information content (AvgIpc) is 2.83. The summed E-state index contributed by atoms with van der Waals surface area (Å²) in [7, 11) is 0. The predicted molar refractivity (Wildman–Crippen MR) is 76.0 cm³/mol. The Morgan fingerprint density at radius 3 is 3.05 bits per heavy atom. The predicted octanol–water partition coefficient (Wildman–Crippen LogP) is 0.246. The summed E-state index contributed by atoms with van der Waals surface area (Å²) in [6.45, 7) is 4.27. The highest BCUT2D eigenvalue weighted by atomic mass is 16.4. The van der Waals surface area contributed by atoms with Gasteiger partial charge in [-0.2, -0.15) is 0 Å². The van der Waals surface area contributed by atoms with Crippen LogP contribution in [0.1, 0.15) is 25.0 Å². The second kappa shape index (κ2) is 5.62. The molecule has 3 rings (SSSR count). The Morgan fingerprint density at radius 2 is 2.20 bits per heavy atom. The first kappa shape index (κ1) is 13.1. The molecule has 1 aromatic heterocycles. The number of fused-ring (bicyclic) bond motifs is 1. The molecule has 3 N–H and O–H groups in total. The van der Waals surface area contributed by atoms with E-state index in [1.807, 2.05) is 0 Å². The van der Waals surface area contributed by atoms with Gasteiger partial charge in [0.25, 0.3) is 0 Å². The molecule has 2 aliphatic heterocycles. The first-order chi connectivity index (χ1) is 9.78. The van der Waals surface area contributed by atoms with Gasteiger partial charge >= 0.3 is 0 Å². The van der Waals surface area contributed by atoms with E-state index in [9.17, 15) is 0 Å². The molecule has 0 bridgehead atoms. The van der Waals surface area contributed by atoms with E-state index in [-0.39, 0.29) is 5.84 Å². The van der Waals surface area contributed by atoms with Gasteiger partial charge in [0, 0.05) is 31.9 Å². The number of hydrogen-bond donors (Lipinski definition) is 2. The lowest BCUT2D eigenvalue weighted by atomic mass is 10.2. The van der Waals surface area contributed by atoms with Gasteiger partial charge in [-0.15, -0.1) is 0 Å². The van der Waals surface area contributed by atoms with Crippen LogP contribution in [-0.4, -0.2) is 58.1 Å². The van der Waals surface area contributed by atoms with Crippen molar-refractivity contribution in [3.8, 4) is 0 Å². The zero-order valence-corrected chi connectivity index (χ0v) is 11.4. The van der Waals surface area contributed by atoms with E-state index in [4.69, 9.17) is 10.9 Å². The Hall–Kier alpha value is -1.89. The molecule has 2 saturated heterocycles. The van der Waals surface area contributed by atoms with Gasteiger partial charge in [-0.3, -0.25) is 4.90 Å². The highest BCUT2D eigenvalue weighted by molar-refractivity contribution is 5.95. The minimum atomic E-state index is 0.0194. The number of nitrogens with two attached hydrogens (primary N) is 1. The largest absolute Gasteiger partial charge is 0.409 e. The third-order valence-corrected chi connectivity index (χ3v) is 4.10. The third-order valence-electron chi connectivity index (χ3n) is 4.10. The summed E-state index contributed by atoms with van der Waals surface area (Å²) in [5.74, 6) is 0.689. The van der Waals surface area contributed by atoms with Crippen LogP contribution >= 0.6 is 0 Å². The first-order valence-electron chi connectivity index (χ1n) is 7.08. The molecule has 3 heterocycles. The van der Waals surface area contributed by atoms with E-state index in [0.29, 0.717) is 17.7 Å². The second-order valence-electron chi connectivity index (χ2n) is 5.36. The van der Waals surface area contributed by atoms with Gasteiger partial charge < -0.3 is 15.8 Å². The van der Waals surface area contributed by atoms with E-state index in [1.54, 1.807) is 12.3 Å². The standard InChI is InChI=1S/C13H20N6O/c14-12(17-20)11-4-5-15-13(16-11)19-8-2-7-18-6-1-3-10(18)9-19/h4-5,10,20H,1-3,6-9H2,(H2,14,17). The van der Waals surface area contributed by atoms with Crippen LogP contribution in [-0.2, 0) is 0 Å². The first-order valence-corrected chi connectivity index (χ1v) is 7.08. The molecule has 7 nitrogen and oxygen atoms in total. The fraction of sp³-hybridized carbons (Fsp3) is 0.615. The molecule has 1 unspecified atom stereocenters. The van der Waals surface area contributed by atoms with Crippen molar-refractivity contribution in [1.29, 1.82) is 0 Å². The Labute approximate surface area is 118 Å². The van der Waals surface area contributed by atoms with Crippen LogP contribution < -0.4 is 10.6 Å². The minimum Gasteiger partial charge on any atom is -0.409 e. The van der Waals surface area contributed by atoms with Gasteiger partial charge in [0.15, 0.2) is 5.84 Å². The average molecular weight is 276 g/mol. The van der Waals surface area contributed by atoms with Crippen LogP contribution in [0.2, 0.25) is 0 Å². The highest BCUT2D eigenvalue weighted by Crippen LogP contribution is 2.23. The molecule has 0 saturated carbocycles. The third kappa shape index (κ3) is 2.53. The smallest absolute Gasteiger partial charge is 0.226 e. The van der Waals surface area contributed by atoms with Crippen molar-refractivity contribution in [3.63, 3.8) is 0 Å². The Morgan fingerprint density at radius 1 is 1.35 bits per heavy atom. The summed E-state index contributed by atoms with van der Waals surface area (Å²) in [5, 5.41) is 11.7. The quantitative estimate of drug-likeness (QED) is 0.348. The van der Waals surface area contributed by atoms with Crippen molar-refractivity contribution in [2.45, 2.75) is 25.3 Å². The molecule has 0 spiro atoms. The Balaban J connectivity index is 1.81. The van der Waals surface area contributed by atoms with Gasteiger partial charge in [-0.1, -0.05) is 5.16 Å². The summed E-state index contributed by atoms with van der Waals surface area (Å²) < 4.78 is 0. The van der Waals surface area contributed by atoms with Crippen molar-refractivity contribution in [2.24, 2.45) is 10.9 Å². The Kier molecular flexibility index (Phi) is 3.68. The van der Waals surface area contributed by atoms with Gasteiger partial charge in [0.1, 0.15) is 5.69 Å². The molecule has 0 aromatic carbocycles. The molecule has 0 amide bonds. The lowest BCUT2D eigenvalue weighted by Crippen LogP contribution is -2.37. The number of hydrogen-bond acceptors (Lipinski definition) is 6. The Bertz CT molecular complexity index is 505. The van der Waals surface area contributed by atoms with Crippen molar-refractivity contribution in [1.82, 2.24) is 14.9 Å². The number of anilines is 1. The molecule has 7 heteroatoms. The van der Waals surface area contributed by atoms with Gasteiger partial charge in [0.05, 0.1) is 0 Å². The number of nitrogens with zero attached hydrogens (tertiary/aromatic N) is 5.